The largest absolute Gasteiger partial charge is 0.357 e. The van der Waals surface area contributed by atoms with Gasteiger partial charge in [0.1, 0.15) is 6.04 Å². The molecule has 2 aromatic rings. The number of benzene rings is 1. The number of amides is 2. The van der Waals surface area contributed by atoms with Crippen LogP contribution >= 0.6 is 0 Å². The first-order valence-electron chi connectivity index (χ1n) is 9.61. The molecular formula is C21H28N4O2. The maximum Gasteiger partial charge on any atom is 0.272 e. The molecule has 1 atom stereocenters. The fraction of sp³-hybridized carbons (Fsp3) is 0.476. The van der Waals surface area contributed by atoms with Crippen LogP contribution in [0.1, 0.15) is 54.0 Å². The molecule has 0 fully saturated rings. The molecule has 1 aromatic heterocycles. The number of aromatic nitrogens is 2. The average molecular weight is 368 g/mol. The number of likely N-dealkylation sites (N-methyl/N-ethyl adjacent to an activating group) is 1. The summed E-state index contributed by atoms with van der Waals surface area (Å²) >= 11 is 0. The lowest BCUT2D eigenvalue weighted by atomic mass is 10.0. The van der Waals surface area contributed by atoms with Crippen LogP contribution in [-0.4, -0.2) is 34.7 Å². The average Bonchev–Trinajstić information content (AvgIpc) is 3.23. The van der Waals surface area contributed by atoms with Crippen LogP contribution in [0.3, 0.4) is 0 Å². The van der Waals surface area contributed by atoms with E-state index in [1.165, 1.54) is 0 Å². The van der Waals surface area contributed by atoms with Gasteiger partial charge in [0, 0.05) is 18.3 Å². The molecule has 0 bridgehead atoms. The summed E-state index contributed by atoms with van der Waals surface area (Å²) in [6.07, 6.45) is 3.37. The summed E-state index contributed by atoms with van der Waals surface area (Å²) in [5.74, 6) is -0.149. The van der Waals surface area contributed by atoms with Crippen molar-refractivity contribution in [1.82, 2.24) is 20.4 Å². The van der Waals surface area contributed by atoms with Crippen LogP contribution < -0.4 is 10.6 Å². The Balaban J connectivity index is 1.93. The molecular weight excluding hydrogens is 340 g/mol. The zero-order valence-electron chi connectivity index (χ0n) is 16.5. The van der Waals surface area contributed by atoms with E-state index in [1.54, 1.807) is 7.05 Å². The minimum Gasteiger partial charge on any atom is -0.357 e. The van der Waals surface area contributed by atoms with Gasteiger partial charge in [-0.25, -0.2) is 4.68 Å². The lowest BCUT2D eigenvalue weighted by Crippen LogP contribution is -2.46. The van der Waals surface area contributed by atoms with Gasteiger partial charge in [-0.05, 0) is 50.2 Å². The van der Waals surface area contributed by atoms with Gasteiger partial charge in [-0.1, -0.05) is 32.0 Å². The van der Waals surface area contributed by atoms with E-state index in [4.69, 9.17) is 0 Å². The second-order valence-electron chi connectivity index (χ2n) is 7.60. The van der Waals surface area contributed by atoms with Crippen molar-refractivity contribution in [3.8, 4) is 5.69 Å². The quantitative estimate of drug-likeness (QED) is 0.823. The van der Waals surface area contributed by atoms with Crippen LogP contribution in [0.2, 0.25) is 0 Å². The van der Waals surface area contributed by atoms with Gasteiger partial charge in [-0.2, -0.15) is 5.10 Å². The molecule has 0 radical (unpaired) electrons. The number of hydrogen-bond donors (Lipinski definition) is 2. The summed E-state index contributed by atoms with van der Waals surface area (Å²) < 4.78 is 1.91. The van der Waals surface area contributed by atoms with E-state index in [9.17, 15) is 9.59 Å². The van der Waals surface area contributed by atoms with Crippen LogP contribution in [0.4, 0.5) is 0 Å². The second-order valence-corrected chi connectivity index (χ2v) is 7.60. The zero-order chi connectivity index (χ0) is 19.6. The first kappa shape index (κ1) is 19.1. The summed E-state index contributed by atoms with van der Waals surface area (Å²) in [5.41, 5.74) is 4.68. The summed E-state index contributed by atoms with van der Waals surface area (Å²) in [6.45, 7) is 6.11. The maximum absolute atomic E-state index is 13.0. The number of fused-ring (bicyclic) bond motifs is 1. The molecule has 3 rings (SSSR count). The lowest BCUT2D eigenvalue weighted by Gasteiger charge is -2.18. The van der Waals surface area contributed by atoms with Crippen molar-refractivity contribution in [1.29, 1.82) is 0 Å². The Morgan fingerprint density at radius 3 is 2.63 bits per heavy atom. The van der Waals surface area contributed by atoms with Crippen molar-refractivity contribution in [2.45, 2.75) is 52.5 Å². The summed E-state index contributed by atoms with van der Waals surface area (Å²) in [7, 11) is 1.59. The fourth-order valence-electron chi connectivity index (χ4n) is 3.72. The van der Waals surface area contributed by atoms with Crippen LogP contribution in [0.25, 0.3) is 5.69 Å². The fourth-order valence-corrected chi connectivity index (χ4v) is 3.72. The van der Waals surface area contributed by atoms with Crippen molar-refractivity contribution >= 4 is 11.8 Å². The van der Waals surface area contributed by atoms with Gasteiger partial charge < -0.3 is 10.6 Å². The number of para-hydroxylation sites is 1. The molecule has 0 saturated carbocycles. The van der Waals surface area contributed by atoms with E-state index in [0.717, 1.165) is 41.8 Å². The third-order valence-electron chi connectivity index (χ3n) is 5.06. The molecule has 0 aliphatic heterocycles. The molecule has 1 aliphatic rings. The van der Waals surface area contributed by atoms with Crippen LogP contribution in [0.5, 0.6) is 0 Å². The van der Waals surface area contributed by atoms with E-state index in [2.05, 4.69) is 15.7 Å². The Hall–Kier alpha value is -2.63. The monoisotopic (exact) mass is 368 g/mol. The number of carbonyl (C=O) groups excluding carboxylic acids is 2. The Kier molecular flexibility index (Phi) is 5.63. The van der Waals surface area contributed by atoms with Crippen molar-refractivity contribution in [2.24, 2.45) is 5.92 Å². The highest BCUT2D eigenvalue weighted by molar-refractivity contribution is 5.97. The SMILES string of the molecule is CNC(=O)C(CC(C)C)NC(=O)c1nn(-c2ccccc2C)c2c1CCC2. The van der Waals surface area contributed by atoms with Gasteiger partial charge in [0.15, 0.2) is 5.69 Å². The molecule has 2 N–H and O–H groups in total. The standard InChI is InChI=1S/C21H28N4O2/c1-13(2)12-16(20(26)22-4)23-21(27)19-15-9-7-11-18(15)25(24-19)17-10-6-5-8-14(17)3/h5-6,8,10,13,16H,7,9,11-12H2,1-4H3,(H,22,26)(H,23,27). The topological polar surface area (TPSA) is 76.0 Å². The predicted molar refractivity (Wildman–Crippen MR) is 105 cm³/mol. The molecule has 1 heterocycles. The number of nitrogens with one attached hydrogen (secondary N) is 2. The first-order chi connectivity index (χ1) is 12.9. The van der Waals surface area contributed by atoms with Crippen molar-refractivity contribution in [3.05, 3.63) is 46.8 Å². The van der Waals surface area contributed by atoms with Gasteiger partial charge in [0.25, 0.3) is 5.91 Å². The molecule has 27 heavy (non-hydrogen) atoms. The van der Waals surface area contributed by atoms with Crippen LogP contribution in [-0.2, 0) is 17.6 Å². The lowest BCUT2D eigenvalue weighted by molar-refractivity contribution is -0.122. The Bertz CT molecular complexity index is 854. The second kappa shape index (κ2) is 7.94. The third kappa shape index (κ3) is 3.89. The minimum absolute atomic E-state index is 0.174. The number of aryl methyl sites for hydroxylation is 1. The third-order valence-corrected chi connectivity index (χ3v) is 5.06. The molecule has 2 amide bonds. The molecule has 1 aromatic carbocycles. The van der Waals surface area contributed by atoms with Gasteiger partial charge >= 0.3 is 0 Å². The molecule has 6 heteroatoms. The summed E-state index contributed by atoms with van der Waals surface area (Å²) in [4.78, 5) is 25.1. The normalized spacial score (nSPS) is 14.1. The summed E-state index contributed by atoms with van der Waals surface area (Å²) in [5, 5.41) is 10.2. The maximum atomic E-state index is 13.0. The number of nitrogens with zero attached hydrogens (tertiary/aromatic N) is 2. The smallest absolute Gasteiger partial charge is 0.272 e. The predicted octanol–water partition coefficient (Wildman–Crippen LogP) is 2.56. The number of carbonyl (C=O) groups is 2. The molecule has 144 valence electrons. The molecule has 0 spiro atoms. The number of hydrogen-bond acceptors (Lipinski definition) is 3. The van der Waals surface area contributed by atoms with E-state index in [1.807, 2.05) is 49.7 Å². The van der Waals surface area contributed by atoms with Crippen molar-refractivity contribution in [3.63, 3.8) is 0 Å². The first-order valence-corrected chi connectivity index (χ1v) is 9.61. The van der Waals surface area contributed by atoms with E-state index < -0.39 is 6.04 Å². The molecule has 0 saturated heterocycles. The van der Waals surface area contributed by atoms with Crippen molar-refractivity contribution in [2.75, 3.05) is 7.05 Å². The van der Waals surface area contributed by atoms with Crippen LogP contribution in [0.15, 0.2) is 24.3 Å². The van der Waals surface area contributed by atoms with Gasteiger partial charge in [-0.3, -0.25) is 9.59 Å². The Morgan fingerprint density at radius 2 is 1.96 bits per heavy atom. The van der Waals surface area contributed by atoms with E-state index >= 15 is 0 Å². The summed E-state index contributed by atoms with van der Waals surface area (Å²) in [6, 6.07) is 7.49. The highest BCUT2D eigenvalue weighted by Crippen LogP contribution is 2.29. The van der Waals surface area contributed by atoms with Gasteiger partial charge in [0.2, 0.25) is 5.91 Å². The van der Waals surface area contributed by atoms with Gasteiger partial charge in [0.05, 0.1) is 5.69 Å². The molecule has 1 aliphatic carbocycles. The Morgan fingerprint density at radius 1 is 1.22 bits per heavy atom. The zero-order valence-corrected chi connectivity index (χ0v) is 16.5. The minimum atomic E-state index is -0.553. The molecule has 6 nitrogen and oxygen atoms in total. The highest BCUT2D eigenvalue weighted by Gasteiger charge is 2.29. The number of rotatable bonds is 6. The van der Waals surface area contributed by atoms with E-state index in [-0.39, 0.29) is 11.8 Å². The van der Waals surface area contributed by atoms with Crippen molar-refractivity contribution < 1.29 is 9.59 Å². The highest BCUT2D eigenvalue weighted by atomic mass is 16.2. The Labute approximate surface area is 160 Å². The van der Waals surface area contributed by atoms with E-state index in [0.29, 0.717) is 18.0 Å². The molecule has 1 unspecified atom stereocenters. The van der Waals surface area contributed by atoms with Gasteiger partial charge in [-0.15, -0.1) is 0 Å². The van der Waals surface area contributed by atoms with Crippen LogP contribution in [0, 0.1) is 12.8 Å².